The molecule has 0 atom stereocenters. The third-order valence-electron chi connectivity index (χ3n) is 5.23. The van der Waals surface area contributed by atoms with Gasteiger partial charge in [0.25, 0.3) is 0 Å². The molecule has 0 aliphatic heterocycles. The van der Waals surface area contributed by atoms with Gasteiger partial charge in [-0.2, -0.15) is 5.10 Å². The SMILES string of the molecule is CCCNCCCOc1ccc2c(Nc3cnn(CC(=O)Nc4cccc(F)c4F)c3)ncnc2c1. The van der Waals surface area contributed by atoms with Gasteiger partial charge in [0, 0.05) is 17.6 Å². The van der Waals surface area contributed by atoms with Crippen LogP contribution in [0, 0.1) is 11.6 Å². The van der Waals surface area contributed by atoms with Crippen LogP contribution in [-0.2, 0) is 11.3 Å². The van der Waals surface area contributed by atoms with E-state index in [1.54, 1.807) is 6.20 Å². The highest BCUT2D eigenvalue weighted by Crippen LogP contribution is 2.26. The summed E-state index contributed by atoms with van der Waals surface area (Å²) in [7, 11) is 0. The Morgan fingerprint density at radius 3 is 2.89 bits per heavy atom. The van der Waals surface area contributed by atoms with Crippen LogP contribution in [-0.4, -0.2) is 45.4 Å². The van der Waals surface area contributed by atoms with Gasteiger partial charge in [0.05, 0.1) is 29.7 Å². The predicted octanol–water partition coefficient (Wildman–Crippen LogP) is 4.26. The first-order valence-electron chi connectivity index (χ1n) is 11.6. The second-order valence-electron chi connectivity index (χ2n) is 8.05. The summed E-state index contributed by atoms with van der Waals surface area (Å²) in [5.41, 5.74) is 1.09. The topological polar surface area (TPSA) is 106 Å². The molecular weight excluding hydrogens is 468 g/mol. The van der Waals surface area contributed by atoms with Gasteiger partial charge in [-0.05, 0) is 50.2 Å². The molecule has 9 nitrogen and oxygen atoms in total. The zero-order chi connectivity index (χ0) is 25.3. The zero-order valence-electron chi connectivity index (χ0n) is 19.8. The summed E-state index contributed by atoms with van der Waals surface area (Å²) >= 11 is 0. The maximum atomic E-state index is 13.8. The van der Waals surface area contributed by atoms with E-state index in [0.29, 0.717) is 18.1 Å². The van der Waals surface area contributed by atoms with Crippen molar-refractivity contribution in [2.75, 3.05) is 30.3 Å². The van der Waals surface area contributed by atoms with Gasteiger partial charge >= 0.3 is 0 Å². The molecule has 0 saturated heterocycles. The number of hydrogen-bond acceptors (Lipinski definition) is 7. The van der Waals surface area contributed by atoms with E-state index >= 15 is 0 Å². The zero-order valence-corrected chi connectivity index (χ0v) is 19.8. The van der Waals surface area contributed by atoms with Crippen LogP contribution < -0.4 is 20.7 Å². The van der Waals surface area contributed by atoms with Crippen molar-refractivity contribution in [1.29, 1.82) is 0 Å². The Balaban J connectivity index is 1.36. The minimum absolute atomic E-state index is 0.184. The second-order valence-corrected chi connectivity index (χ2v) is 8.05. The number of benzene rings is 2. The molecule has 0 aliphatic carbocycles. The first-order chi connectivity index (χ1) is 17.5. The highest BCUT2D eigenvalue weighted by Gasteiger charge is 2.12. The smallest absolute Gasteiger partial charge is 0.246 e. The molecule has 0 unspecified atom stereocenters. The van der Waals surface area contributed by atoms with Crippen LogP contribution in [0.15, 0.2) is 55.1 Å². The minimum Gasteiger partial charge on any atom is -0.493 e. The Morgan fingerprint density at radius 2 is 2.03 bits per heavy atom. The molecular formula is C25H27F2N7O2. The van der Waals surface area contributed by atoms with Crippen LogP contribution >= 0.6 is 0 Å². The van der Waals surface area contributed by atoms with Crippen LogP contribution in [0.3, 0.4) is 0 Å². The van der Waals surface area contributed by atoms with E-state index in [1.807, 2.05) is 18.2 Å². The Hall–Kier alpha value is -4.12. The molecule has 0 radical (unpaired) electrons. The Bertz CT molecular complexity index is 1330. The molecule has 0 aliphatic rings. The molecule has 2 heterocycles. The molecule has 4 aromatic rings. The fourth-order valence-electron chi connectivity index (χ4n) is 3.50. The van der Waals surface area contributed by atoms with E-state index in [-0.39, 0.29) is 12.2 Å². The fraction of sp³-hybridized carbons (Fsp3) is 0.280. The fourth-order valence-corrected chi connectivity index (χ4v) is 3.50. The van der Waals surface area contributed by atoms with Crippen molar-refractivity contribution in [3.63, 3.8) is 0 Å². The van der Waals surface area contributed by atoms with Crippen molar-refractivity contribution in [2.45, 2.75) is 26.3 Å². The molecule has 0 fully saturated rings. The van der Waals surface area contributed by atoms with Crippen molar-refractivity contribution >= 4 is 34.0 Å². The van der Waals surface area contributed by atoms with Gasteiger partial charge < -0.3 is 20.7 Å². The monoisotopic (exact) mass is 495 g/mol. The largest absolute Gasteiger partial charge is 0.493 e. The van der Waals surface area contributed by atoms with Gasteiger partial charge in [-0.15, -0.1) is 0 Å². The van der Waals surface area contributed by atoms with Gasteiger partial charge in [0.1, 0.15) is 24.4 Å². The number of nitrogens with zero attached hydrogens (tertiary/aromatic N) is 4. The van der Waals surface area contributed by atoms with Gasteiger partial charge in [0.15, 0.2) is 11.6 Å². The molecule has 0 bridgehead atoms. The third-order valence-corrected chi connectivity index (χ3v) is 5.23. The first kappa shape index (κ1) is 25.0. The molecule has 36 heavy (non-hydrogen) atoms. The quantitative estimate of drug-likeness (QED) is 0.252. The molecule has 3 N–H and O–H groups in total. The normalized spacial score (nSPS) is 11.0. The average molecular weight is 496 g/mol. The van der Waals surface area contributed by atoms with E-state index in [4.69, 9.17) is 4.74 Å². The molecule has 4 rings (SSSR count). The maximum Gasteiger partial charge on any atom is 0.246 e. The lowest BCUT2D eigenvalue weighted by atomic mass is 10.2. The number of nitrogens with one attached hydrogen (secondary N) is 3. The van der Waals surface area contributed by atoms with Crippen molar-refractivity contribution in [2.24, 2.45) is 0 Å². The van der Waals surface area contributed by atoms with E-state index in [1.165, 1.54) is 29.3 Å². The molecule has 2 aromatic carbocycles. The summed E-state index contributed by atoms with van der Waals surface area (Å²) in [5.74, 6) is -1.39. The van der Waals surface area contributed by atoms with Crippen LogP contribution in [0.1, 0.15) is 19.8 Å². The van der Waals surface area contributed by atoms with Crippen LogP contribution in [0.4, 0.5) is 26.0 Å². The van der Waals surface area contributed by atoms with Gasteiger partial charge in [-0.25, -0.2) is 18.7 Å². The Morgan fingerprint density at radius 1 is 1.14 bits per heavy atom. The lowest BCUT2D eigenvalue weighted by molar-refractivity contribution is -0.116. The molecule has 11 heteroatoms. The lowest BCUT2D eigenvalue weighted by Gasteiger charge is -2.10. The summed E-state index contributed by atoms with van der Waals surface area (Å²) in [6, 6.07) is 9.20. The van der Waals surface area contributed by atoms with Crippen LogP contribution in [0.5, 0.6) is 5.75 Å². The molecule has 188 valence electrons. The molecule has 0 spiro atoms. The van der Waals surface area contributed by atoms with Crippen molar-refractivity contribution in [3.8, 4) is 5.75 Å². The number of ether oxygens (including phenoxy) is 1. The highest BCUT2D eigenvalue weighted by molar-refractivity contribution is 5.92. The van der Waals surface area contributed by atoms with E-state index in [2.05, 4.69) is 37.9 Å². The summed E-state index contributed by atoms with van der Waals surface area (Å²) in [6.45, 7) is 4.47. The number of fused-ring (bicyclic) bond motifs is 1. The number of halogens is 2. The van der Waals surface area contributed by atoms with Gasteiger partial charge in [0.2, 0.25) is 5.91 Å². The third kappa shape index (κ3) is 6.51. The van der Waals surface area contributed by atoms with E-state index < -0.39 is 17.5 Å². The Kier molecular flexibility index (Phi) is 8.35. The molecule has 0 saturated carbocycles. The summed E-state index contributed by atoms with van der Waals surface area (Å²) < 4.78 is 34.3. The summed E-state index contributed by atoms with van der Waals surface area (Å²) in [4.78, 5) is 20.9. The average Bonchev–Trinajstić information content (AvgIpc) is 3.30. The highest BCUT2D eigenvalue weighted by atomic mass is 19.2. The summed E-state index contributed by atoms with van der Waals surface area (Å²) in [5, 5.41) is 13.8. The lowest BCUT2D eigenvalue weighted by Crippen LogP contribution is -2.19. The van der Waals surface area contributed by atoms with Gasteiger partial charge in [-0.3, -0.25) is 9.48 Å². The number of amides is 1. The van der Waals surface area contributed by atoms with Gasteiger partial charge in [-0.1, -0.05) is 13.0 Å². The van der Waals surface area contributed by atoms with Crippen molar-refractivity contribution < 1.29 is 18.3 Å². The number of anilines is 3. The van der Waals surface area contributed by atoms with Crippen molar-refractivity contribution in [3.05, 3.63) is 66.8 Å². The van der Waals surface area contributed by atoms with E-state index in [0.717, 1.165) is 48.6 Å². The van der Waals surface area contributed by atoms with Crippen molar-refractivity contribution in [1.82, 2.24) is 25.1 Å². The predicted molar refractivity (Wildman–Crippen MR) is 133 cm³/mol. The molecule has 2 aromatic heterocycles. The number of carbonyl (C=O) groups is 1. The number of aromatic nitrogens is 4. The minimum atomic E-state index is -1.11. The van der Waals surface area contributed by atoms with E-state index in [9.17, 15) is 13.6 Å². The number of carbonyl (C=O) groups excluding carboxylic acids is 1. The second kappa shape index (κ2) is 12.0. The maximum absolute atomic E-state index is 13.8. The first-order valence-corrected chi connectivity index (χ1v) is 11.6. The van der Waals surface area contributed by atoms with Crippen LogP contribution in [0.2, 0.25) is 0 Å². The number of hydrogen-bond donors (Lipinski definition) is 3. The molecule has 1 amide bonds. The standard InChI is InChI=1S/C25H27F2N7O2/c1-2-9-28-10-4-11-36-18-7-8-19-22(12-18)29-16-30-25(19)32-17-13-31-34(14-17)15-23(35)33-21-6-3-5-20(26)24(21)27/h3,5-8,12-14,16,28H,2,4,9-11,15H2,1H3,(H,33,35)(H,29,30,32). The Labute approximate surface area is 206 Å². The summed E-state index contributed by atoms with van der Waals surface area (Å²) in [6.07, 6.45) is 6.62. The van der Waals surface area contributed by atoms with Crippen LogP contribution in [0.25, 0.3) is 10.9 Å². The number of rotatable bonds is 12.